The van der Waals surface area contributed by atoms with Gasteiger partial charge >= 0.3 is 0 Å². The summed E-state index contributed by atoms with van der Waals surface area (Å²) >= 11 is 0. The van der Waals surface area contributed by atoms with Gasteiger partial charge in [-0.15, -0.1) is 0 Å². The van der Waals surface area contributed by atoms with Crippen LogP contribution in [0.25, 0.3) is 0 Å². The highest BCUT2D eigenvalue weighted by molar-refractivity contribution is 6.13. The largest absolute Gasteiger partial charge is 0.392 e. The lowest BCUT2D eigenvalue weighted by Gasteiger charge is -2.44. The van der Waals surface area contributed by atoms with E-state index in [-0.39, 0.29) is 47.3 Å². The van der Waals surface area contributed by atoms with Gasteiger partial charge in [0.15, 0.2) is 5.78 Å². The number of carbonyl (C=O) groups is 2. The van der Waals surface area contributed by atoms with Crippen molar-refractivity contribution in [2.75, 3.05) is 0 Å². The van der Waals surface area contributed by atoms with Crippen molar-refractivity contribution in [3.8, 4) is 0 Å². The molecule has 8 atom stereocenters. The summed E-state index contributed by atoms with van der Waals surface area (Å²) in [7, 11) is 0. The highest BCUT2D eigenvalue weighted by Gasteiger charge is 2.64. The minimum Gasteiger partial charge on any atom is -0.392 e. The third kappa shape index (κ3) is 3.69. The lowest BCUT2D eigenvalue weighted by Crippen LogP contribution is -2.51. The number of benzene rings is 1. The van der Waals surface area contributed by atoms with Gasteiger partial charge < -0.3 is 10.4 Å². The predicted molar refractivity (Wildman–Crippen MR) is 127 cm³/mol. The highest BCUT2D eigenvalue weighted by Crippen LogP contribution is 2.54. The molecule has 0 aromatic heterocycles. The molecule has 1 amide bonds. The number of ketones is 1. The zero-order chi connectivity index (χ0) is 23.0. The van der Waals surface area contributed by atoms with E-state index in [0.29, 0.717) is 12.8 Å². The molecule has 1 aliphatic heterocycles. The van der Waals surface area contributed by atoms with Crippen LogP contribution in [-0.2, 0) is 16.0 Å². The second-order valence-electron chi connectivity index (χ2n) is 10.1. The van der Waals surface area contributed by atoms with Crippen molar-refractivity contribution in [2.45, 2.75) is 52.7 Å². The highest BCUT2D eigenvalue weighted by atomic mass is 16.3. The molecule has 2 aliphatic carbocycles. The Morgan fingerprint density at radius 3 is 2.53 bits per heavy atom. The maximum atomic E-state index is 13.9. The fourth-order valence-corrected chi connectivity index (χ4v) is 6.09. The number of amides is 1. The van der Waals surface area contributed by atoms with Crippen molar-refractivity contribution in [2.24, 2.45) is 35.0 Å². The molecule has 0 radical (unpaired) electrons. The van der Waals surface area contributed by atoms with E-state index >= 15 is 0 Å². The van der Waals surface area contributed by atoms with Crippen LogP contribution in [0.2, 0.25) is 0 Å². The van der Waals surface area contributed by atoms with Crippen LogP contribution in [0.5, 0.6) is 0 Å². The van der Waals surface area contributed by atoms with Crippen molar-refractivity contribution >= 4 is 11.7 Å². The molecule has 3 aliphatic rings. The SMILES string of the molecule is CC1=CC2C=CCC(C)C(O)C(C)C=CC(=O)C23C(=O)NC(Cc2ccccc2)C3C1C. The van der Waals surface area contributed by atoms with E-state index in [1.165, 1.54) is 5.57 Å². The third-order valence-corrected chi connectivity index (χ3v) is 8.11. The Labute approximate surface area is 191 Å². The molecule has 4 heteroatoms. The first kappa shape index (κ1) is 22.7. The molecule has 1 heterocycles. The molecule has 2 N–H and O–H groups in total. The van der Waals surface area contributed by atoms with Crippen molar-refractivity contribution in [1.29, 1.82) is 0 Å². The molecule has 1 aromatic carbocycles. The summed E-state index contributed by atoms with van der Waals surface area (Å²) in [4.78, 5) is 27.6. The topological polar surface area (TPSA) is 66.4 Å². The maximum absolute atomic E-state index is 13.9. The summed E-state index contributed by atoms with van der Waals surface area (Å²) in [5.41, 5.74) is 1.23. The number of aliphatic hydroxyl groups excluding tert-OH is 1. The van der Waals surface area contributed by atoms with Gasteiger partial charge in [0.2, 0.25) is 5.91 Å². The van der Waals surface area contributed by atoms with E-state index in [1.54, 1.807) is 12.2 Å². The fourth-order valence-electron chi connectivity index (χ4n) is 6.09. The third-order valence-electron chi connectivity index (χ3n) is 8.11. The Bertz CT molecular complexity index is 962. The van der Waals surface area contributed by atoms with E-state index in [2.05, 4.69) is 43.4 Å². The number of carbonyl (C=O) groups excluding carboxylic acids is 2. The first-order valence-electron chi connectivity index (χ1n) is 11.9. The van der Waals surface area contributed by atoms with E-state index in [4.69, 9.17) is 0 Å². The summed E-state index contributed by atoms with van der Waals surface area (Å²) in [6.07, 6.45) is 10.5. The quantitative estimate of drug-likeness (QED) is 0.541. The molecular formula is C28H35NO3. The van der Waals surface area contributed by atoms with Crippen molar-refractivity contribution in [3.05, 3.63) is 71.8 Å². The summed E-state index contributed by atoms with van der Waals surface area (Å²) in [5.74, 6) is -0.710. The van der Waals surface area contributed by atoms with Crippen molar-refractivity contribution in [1.82, 2.24) is 5.32 Å². The minimum atomic E-state index is -1.15. The Hall–Kier alpha value is -2.46. The van der Waals surface area contributed by atoms with Gasteiger partial charge in [-0.1, -0.05) is 81.0 Å². The lowest BCUT2D eigenvalue weighted by atomic mass is 9.55. The fraction of sp³-hybridized carbons (Fsp3) is 0.500. The predicted octanol–water partition coefficient (Wildman–Crippen LogP) is 4.26. The van der Waals surface area contributed by atoms with Crippen LogP contribution in [0.1, 0.15) is 39.7 Å². The lowest BCUT2D eigenvalue weighted by molar-refractivity contribution is -0.142. The molecule has 0 bridgehead atoms. The number of aliphatic hydroxyl groups is 1. The smallest absolute Gasteiger partial charge is 0.235 e. The Kier molecular flexibility index (Phi) is 6.26. The van der Waals surface area contributed by atoms with Crippen LogP contribution in [0, 0.1) is 35.0 Å². The van der Waals surface area contributed by atoms with E-state index in [0.717, 1.165) is 5.56 Å². The van der Waals surface area contributed by atoms with Gasteiger partial charge in [0.1, 0.15) is 5.41 Å². The summed E-state index contributed by atoms with van der Waals surface area (Å²) in [5, 5.41) is 13.9. The molecule has 170 valence electrons. The van der Waals surface area contributed by atoms with E-state index in [9.17, 15) is 14.7 Å². The Balaban J connectivity index is 1.83. The van der Waals surface area contributed by atoms with Gasteiger partial charge in [-0.05, 0) is 43.2 Å². The molecule has 1 fully saturated rings. The second-order valence-corrected chi connectivity index (χ2v) is 10.1. The van der Waals surface area contributed by atoms with Crippen LogP contribution in [0.3, 0.4) is 0 Å². The summed E-state index contributed by atoms with van der Waals surface area (Å²) in [6.45, 7) is 8.22. The summed E-state index contributed by atoms with van der Waals surface area (Å²) in [6, 6.07) is 10.1. The second kappa shape index (κ2) is 8.82. The van der Waals surface area contributed by atoms with E-state index < -0.39 is 11.5 Å². The molecule has 1 spiro atoms. The number of allylic oxidation sites excluding steroid dienone is 5. The van der Waals surface area contributed by atoms with Crippen molar-refractivity contribution in [3.63, 3.8) is 0 Å². The number of hydrogen-bond acceptors (Lipinski definition) is 3. The van der Waals surface area contributed by atoms with Crippen LogP contribution >= 0.6 is 0 Å². The number of rotatable bonds is 2. The summed E-state index contributed by atoms with van der Waals surface area (Å²) < 4.78 is 0. The van der Waals surface area contributed by atoms with Gasteiger partial charge in [-0.2, -0.15) is 0 Å². The van der Waals surface area contributed by atoms with Gasteiger partial charge in [-0.3, -0.25) is 9.59 Å². The monoisotopic (exact) mass is 433 g/mol. The number of nitrogens with one attached hydrogen (secondary N) is 1. The average molecular weight is 434 g/mol. The molecular weight excluding hydrogens is 398 g/mol. The molecule has 8 unspecified atom stereocenters. The first-order chi connectivity index (χ1) is 15.3. The average Bonchev–Trinajstić information content (AvgIpc) is 3.07. The van der Waals surface area contributed by atoms with Crippen molar-refractivity contribution < 1.29 is 14.7 Å². The Morgan fingerprint density at radius 1 is 1.09 bits per heavy atom. The minimum absolute atomic E-state index is 0.0710. The van der Waals surface area contributed by atoms with Crippen LogP contribution in [-0.4, -0.2) is 28.9 Å². The maximum Gasteiger partial charge on any atom is 0.235 e. The van der Waals surface area contributed by atoms with Gasteiger partial charge in [0, 0.05) is 23.8 Å². The molecule has 4 nitrogen and oxygen atoms in total. The molecule has 4 rings (SSSR count). The van der Waals surface area contributed by atoms with Crippen LogP contribution < -0.4 is 5.32 Å². The molecule has 32 heavy (non-hydrogen) atoms. The Morgan fingerprint density at radius 2 is 1.81 bits per heavy atom. The zero-order valence-corrected chi connectivity index (χ0v) is 19.5. The van der Waals surface area contributed by atoms with Gasteiger partial charge in [-0.25, -0.2) is 0 Å². The van der Waals surface area contributed by atoms with Gasteiger partial charge in [0.05, 0.1) is 6.10 Å². The normalized spacial score (nSPS) is 39.5. The van der Waals surface area contributed by atoms with Crippen LogP contribution in [0.15, 0.2) is 66.3 Å². The van der Waals surface area contributed by atoms with Gasteiger partial charge in [0.25, 0.3) is 0 Å². The standard InChI is InChI=1S/C28H35NO3/c1-17-9-8-12-22-15-19(3)20(4)25-23(16-21-10-6-5-7-11-21)29-27(32)28(22,25)24(30)14-13-18(2)26(17)31/h5-8,10-15,17-18,20,22-23,25-26,31H,9,16H2,1-4H3,(H,29,32). The molecule has 1 aromatic rings. The van der Waals surface area contributed by atoms with Crippen LogP contribution in [0.4, 0.5) is 0 Å². The molecule has 1 saturated heterocycles. The molecule has 0 saturated carbocycles. The number of hydrogen-bond donors (Lipinski definition) is 2. The zero-order valence-electron chi connectivity index (χ0n) is 19.5. The first-order valence-corrected chi connectivity index (χ1v) is 11.9. The van der Waals surface area contributed by atoms with E-state index in [1.807, 2.05) is 38.1 Å².